The highest BCUT2D eigenvalue weighted by molar-refractivity contribution is 5.71. The van der Waals surface area contributed by atoms with Gasteiger partial charge in [-0.15, -0.1) is 0 Å². The molecule has 16 heavy (non-hydrogen) atoms. The average molecular weight is 232 g/mol. The van der Waals surface area contributed by atoms with Gasteiger partial charge in [-0.2, -0.15) is 0 Å². The molecule has 0 spiro atoms. The molecular weight excluding hydrogens is 208 g/mol. The summed E-state index contributed by atoms with van der Waals surface area (Å²) in [7, 11) is 1.31. The number of hydrogen-bond donors (Lipinski definition) is 0. The highest BCUT2D eigenvalue weighted by Crippen LogP contribution is 2.08. The highest BCUT2D eigenvalue weighted by atomic mass is 16.5. The third-order valence-corrected chi connectivity index (χ3v) is 2.18. The van der Waals surface area contributed by atoms with E-state index in [0.29, 0.717) is 19.0 Å². The molecule has 0 aromatic rings. The lowest BCUT2D eigenvalue weighted by Crippen LogP contribution is -2.16. The van der Waals surface area contributed by atoms with Crippen molar-refractivity contribution in [1.82, 2.24) is 0 Å². The van der Waals surface area contributed by atoms with E-state index < -0.39 is 0 Å². The van der Waals surface area contributed by atoms with Crippen LogP contribution in [0.15, 0.2) is 0 Å². The first-order chi connectivity index (χ1) is 7.53. The first kappa shape index (κ1) is 17.3. The lowest BCUT2D eigenvalue weighted by molar-refractivity contribution is -0.148. The van der Waals surface area contributed by atoms with Gasteiger partial charge in [-0.3, -0.25) is 9.59 Å². The Morgan fingerprint density at radius 1 is 1.25 bits per heavy atom. The zero-order chi connectivity index (χ0) is 13.0. The van der Waals surface area contributed by atoms with Crippen molar-refractivity contribution in [3.05, 3.63) is 0 Å². The molecule has 0 heterocycles. The number of ether oxygens (including phenoxy) is 2. The quantitative estimate of drug-likeness (QED) is 0.521. The van der Waals surface area contributed by atoms with Crippen LogP contribution in [0.1, 0.15) is 40.5 Å². The summed E-state index contributed by atoms with van der Waals surface area (Å²) in [6, 6.07) is 0. The molecule has 0 atom stereocenters. The molecule has 0 N–H and O–H groups in total. The van der Waals surface area contributed by atoms with Crippen molar-refractivity contribution in [3.8, 4) is 0 Å². The van der Waals surface area contributed by atoms with E-state index in [1.807, 2.05) is 13.8 Å². The number of rotatable bonds is 6. The van der Waals surface area contributed by atoms with Gasteiger partial charge in [-0.25, -0.2) is 0 Å². The summed E-state index contributed by atoms with van der Waals surface area (Å²) in [5.41, 5.74) is 0. The second-order valence-electron chi connectivity index (χ2n) is 3.80. The van der Waals surface area contributed by atoms with Crippen molar-refractivity contribution < 1.29 is 19.1 Å². The third kappa shape index (κ3) is 11.0. The van der Waals surface area contributed by atoms with E-state index in [-0.39, 0.29) is 11.9 Å². The normalized spacial score (nSPS) is 9.44. The van der Waals surface area contributed by atoms with Gasteiger partial charge in [-0.1, -0.05) is 40.5 Å². The molecule has 4 heteroatoms. The molecule has 96 valence electrons. The van der Waals surface area contributed by atoms with Crippen LogP contribution in [0.5, 0.6) is 0 Å². The van der Waals surface area contributed by atoms with Gasteiger partial charge in [0.15, 0.2) is 0 Å². The number of carbonyl (C=O) groups is 2. The minimum absolute atomic E-state index is 0.000591. The smallest absolute Gasteiger partial charge is 0.308 e. The largest absolute Gasteiger partial charge is 0.471 e. The van der Waals surface area contributed by atoms with Crippen LogP contribution < -0.4 is 0 Å². The van der Waals surface area contributed by atoms with Crippen LogP contribution in [-0.2, 0) is 19.1 Å². The highest BCUT2D eigenvalue weighted by Gasteiger charge is 2.10. The Bertz CT molecular complexity index is 174. The topological polar surface area (TPSA) is 52.6 Å². The van der Waals surface area contributed by atoms with Gasteiger partial charge < -0.3 is 9.47 Å². The third-order valence-electron chi connectivity index (χ3n) is 2.18. The fourth-order valence-electron chi connectivity index (χ4n) is 0.891. The zero-order valence-electron chi connectivity index (χ0n) is 11.0. The zero-order valence-corrected chi connectivity index (χ0v) is 11.0. The molecule has 0 unspecified atom stereocenters. The summed E-state index contributed by atoms with van der Waals surface area (Å²) in [5, 5.41) is 0. The fraction of sp³-hybridized carbons (Fsp3) is 0.833. The lowest BCUT2D eigenvalue weighted by Gasteiger charge is -2.13. The summed E-state index contributed by atoms with van der Waals surface area (Å²) in [6.45, 7) is 8.92. The predicted molar refractivity (Wildman–Crippen MR) is 62.9 cm³/mol. The van der Waals surface area contributed by atoms with Crippen LogP contribution >= 0.6 is 0 Å². The van der Waals surface area contributed by atoms with Crippen LogP contribution in [0.4, 0.5) is 0 Å². The molecule has 0 bridgehead atoms. The maximum Gasteiger partial charge on any atom is 0.308 e. The Kier molecular flexibility index (Phi) is 13.0. The lowest BCUT2D eigenvalue weighted by atomic mass is 10.1. The first-order valence-corrected chi connectivity index (χ1v) is 5.66. The van der Waals surface area contributed by atoms with Gasteiger partial charge in [0.2, 0.25) is 0 Å². The number of hydrogen-bond acceptors (Lipinski definition) is 4. The van der Waals surface area contributed by atoms with Crippen molar-refractivity contribution in [2.75, 3.05) is 13.7 Å². The van der Waals surface area contributed by atoms with E-state index in [4.69, 9.17) is 9.53 Å². The van der Waals surface area contributed by atoms with Crippen molar-refractivity contribution in [2.24, 2.45) is 11.8 Å². The molecule has 0 aliphatic heterocycles. The maximum atomic E-state index is 11.1. The molecule has 0 saturated heterocycles. The van der Waals surface area contributed by atoms with Crippen molar-refractivity contribution in [3.63, 3.8) is 0 Å². The fourth-order valence-corrected chi connectivity index (χ4v) is 0.891. The molecular formula is C12H24O4. The Morgan fingerprint density at radius 2 is 1.69 bits per heavy atom. The van der Waals surface area contributed by atoms with E-state index >= 15 is 0 Å². The summed E-state index contributed by atoms with van der Waals surface area (Å²) in [6.07, 6.45) is 2.17. The Labute approximate surface area is 98.3 Å². The second kappa shape index (κ2) is 12.0. The molecule has 0 fully saturated rings. The van der Waals surface area contributed by atoms with Crippen LogP contribution in [0, 0.1) is 11.8 Å². The van der Waals surface area contributed by atoms with Crippen LogP contribution in [0.25, 0.3) is 0 Å². The standard InChI is InChI=1S/C10H20O2.C2H4O2/c1-5-9(6-2)7-12-10(11)8(3)4;1-4-2-3/h8-9H,5-7H2,1-4H3;2H,1H3. The molecule has 0 aromatic heterocycles. The second-order valence-corrected chi connectivity index (χ2v) is 3.80. The van der Waals surface area contributed by atoms with E-state index in [9.17, 15) is 4.79 Å². The molecule has 0 amide bonds. The molecule has 0 radical (unpaired) electrons. The Balaban J connectivity index is 0. The van der Waals surface area contributed by atoms with Crippen LogP contribution in [0.3, 0.4) is 0 Å². The summed E-state index contributed by atoms with van der Waals surface area (Å²) in [5.74, 6) is 0.453. The minimum atomic E-state index is -0.0816. The molecule has 0 aromatic carbocycles. The van der Waals surface area contributed by atoms with Gasteiger partial charge in [0, 0.05) is 0 Å². The molecule has 0 aliphatic rings. The molecule has 0 aliphatic carbocycles. The van der Waals surface area contributed by atoms with Gasteiger partial charge in [0.05, 0.1) is 19.6 Å². The number of esters is 1. The minimum Gasteiger partial charge on any atom is -0.471 e. The predicted octanol–water partition coefficient (Wildman–Crippen LogP) is 2.41. The van der Waals surface area contributed by atoms with Gasteiger partial charge >= 0.3 is 5.97 Å². The van der Waals surface area contributed by atoms with E-state index in [1.165, 1.54) is 7.11 Å². The molecule has 0 saturated carbocycles. The summed E-state index contributed by atoms with van der Waals surface area (Å²) >= 11 is 0. The van der Waals surface area contributed by atoms with Crippen LogP contribution in [-0.4, -0.2) is 26.2 Å². The summed E-state index contributed by atoms with van der Waals surface area (Å²) in [4.78, 5) is 20.0. The van der Waals surface area contributed by atoms with Crippen molar-refractivity contribution in [1.29, 1.82) is 0 Å². The number of methoxy groups -OCH3 is 1. The van der Waals surface area contributed by atoms with Crippen LogP contribution in [0.2, 0.25) is 0 Å². The van der Waals surface area contributed by atoms with Gasteiger partial charge in [-0.05, 0) is 5.92 Å². The maximum absolute atomic E-state index is 11.1. The first-order valence-electron chi connectivity index (χ1n) is 5.66. The Morgan fingerprint density at radius 3 is 1.94 bits per heavy atom. The van der Waals surface area contributed by atoms with Crippen molar-refractivity contribution in [2.45, 2.75) is 40.5 Å². The van der Waals surface area contributed by atoms with E-state index in [0.717, 1.165) is 12.8 Å². The van der Waals surface area contributed by atoms with Crippen molar-refractivity contribution >= 4 is 12.4 Å². The van der Waals surface area contributed by atoms with Gasteiger partial charge in [0.1, 0.15) is 0 Å². The van der Waals surface area contributed by atoms with Gasteiger partial charge in [0.25, 0.3) is 6.47 Å². The van der Waals surface area contributed by atoms with E-state index in [2.05, 4.69) is 18.6 Å². The SMILES string of the molecule is CCC(CC)COC(=O)C(C)C.COC=O. The Hall–Kier alpha value is -1.06. The number of carbonyl (C=O) groups excluding carboxylic acids is 2. The van der Waals surface area contributed by atoms with E-state index in [1.54, 1.807) is 0 Å². The average Bonchev–Trinajstić information content (AvgIpc) is 2.30. The monoisotopic (exact) mass is 232 g/mol. The molecule has 4 nitrogen and oxygen atoms in total. The summed E-state index contributed by atoms with van der Waals surface area (Å²) < 4.78 is 8.97. The molecule has 0 rings (SSSR count).